The quantitative estimate of drug-likeness (QED) is 0.742. The van der Waals surface area contributed by atoms with Crippen LogP contribution in [0.5, 0.6) is 0 Å². The van der Waals surface area contributed by atoms with Crippen LogP contribution in [0.4, 0.5) is 5.69 Å². The highest BCUT2D eigenvalue weighted by molar-refractivity contribution is 7.92. The van der Waals surface area contributed by atoms with Crippen LogP contribution < -0.4 is 4.72 Å². The van der Waals surface area contributed by atoms with Gasteiger partial charge in [0.15, 0.2) is 0 Å². The Kier molecular flexibility index (Phi) is 3.90. The zero-order chi connectivity index (χ0) is 17.3. The van der Waals surface area contributed by atoms with Gasteiger partial charge in [0.1, 0.15) is 10.6 Å². The monoisotopic (exact) mass is 345 g/mol. The van der Waals surface area contributed by atoms with Gasteiger partial charge in [-0.15, -0.1) is 0 Å². The van der Waals surface area contributed by atoms with Crippen LogP contribution in [-0.4, -0.2) is 28.6 Å². The number of aromatic carboxylic acids is 1. The molecule has 0 aliphatic heterocycles. The number of aryl methyl sites for hydroxylation is 1. The van der Waals surface area contributed by atoms with Crippen LogP contribution in [0.3, 0.4) is 0 Å². The molecule has 2 heterocycles. The maximum absolute atomic E-state index is 12.5. The molecule has 0 radical (unpaired) electrons. The lowest BCUT2D eigenvalue weighted by atomic mass is 10.3. The molecule has 3 aromatic rings. The molecular weight excluding hydrogens is 330 g/mol. The number of aromatic nitrogens is 2. The van der Waals surface area contributed by atoms with E-state index >= 15 is 0 Å². The molecular formula is C16H15N3O4S. The summed E-state index contributed by atoms with van der Waals surface area (Å²) in [6, 6.07) is 11.8. The molecule has 0 aliphatic carbocycles. The number of sulfonamides is 1. The number of benzene rings is 1. The summed E-state index contributed by atoms with van der Waals surface area (Å²) in [5, 5.41) is 9.04. The van der Waals surface area contributed by atoms with E-state index in [0.29, 0.717) is 5.69 Å². The molecule has 2 N–H and O–H groups in total. The van der Waals surface area contributed by atoms with E-state index in [0.717, 1.165) is 11.8 Å². The second-order valence-corrected chi connectivity index (χ2v) is 6.91. The Hall–Kier alpha value is -3.00. The molecule has 124 valence electrons. The molecule has 8 heteroatoms. The van der Waals surface area contributed by atoms with Crippen molar-refractivity contribution in [2.24, 2.45) is 7.05 Å². The molecule has 7 nitrogen and oxygen atoms in total. The van der Waals surface area contributed by atoms with Crippen LogP contribution in [0.2, 0.25) is 0 Å². The number of rotatable bonds is 5. The zero-order valence-corrected chi connectivity index (χ0v) is 13.6. The van der Waals surface area contributed by atoms with Crippen molar-refractivity contribution >= 4 is 21.7 Å². The number of anilines is 1. The summed E-state index contributed by atoms with van der Waals surface area (Å²) in [4.78, 5) is 11.0. The van der Waals surface area contributed by atoms with Crippen LogP contribution >= 0.6 is 0 Å². The predicted molar refractivity (Wildman–Crippen MR) is 88.9 cm³/mol. The number of nitrogens with zero attached hydrogens (tertiary/aromatic N) is 2. The average molecular weight is 345 g/mol. The summed E-state index contributed by atoms with van der Waals surface area (Å²) in [6.07, 6.45) is 4.97. The van der Waals surface area contributed by atoms with E-state index in [-0.39, 0.29) is 10.6 Å². The van der Waals surface area contributed by atoms with Crippen LogP contribution in [0, 0.1) is 0 Å². The first-order valence-electron chi connectivity index (χ1n) is 7.03. The van der Waals surface area contributed by atoms with Crippen molar-refractivity contribution < 1.29 is 18.3 Å². The van der Waals surface area contributed by atoms with Gasteiger partial charge >= 0.3 is 5.97 Å². The fourth-order valence-corrected chi connectivity index (χ4v) is 3.46. The minimum absolute atomic E-state index is 0.100. The molecule has 0 fully saturated rings. The van der Waals surface area contributed by atoms with Crippen molar-refractivity contribution in [1.29, 1.82) is 0 Å². The molecule has 24 heavy (non-hydrogen) atoms. The van der Waals surface area contributed by atoms with E-state index in [1.807, 2.05) is 35.2 Å². The van der Waals surface area contributed by atoms with Crippen LogP contribution in [0.25, 0.3) is 5.69 Å². The number of nitrogens with one attached hydrogen (secondary N) is 1. The van der Waals surface area contributed by atoms with Gasteiger partial charge in [0.05, 0.1) is 5.69 Å². The first-order valence-corrected chi connectivity index (χ1v) is 8.51. The Morgan fingerprint density at radius 2 is 1.83 bits per heavy atom. The summed E-state index contributed by atoms with van der Waals surface area (Å²) in [6.45, 7) is 0. The van der Waals surface area contributed by atoms with E-state index in [1.54, 1.807) is 18.2 Å². The highest BCUT2D eigenvalue weighted by Crippen LogP contribution is 2.20. The SMILES string of the molecule is Cn1cc(S(=O)(=O)Nc2cccc(-n3cccc3)c2)cc1C(=O)O. The van der Waals surface area contributed by atoms with Crippen LogP contribution in [-0.2, 0) is 17.1 Å². The van der Waals surface area contributed by atoms with E-state index in [9.17, 15) is 13.2 Å². The standard InChI is InChI=1S/C16H15N3O4S/c1-18-11-14(10-15(18)16(20)21)24(22,23)17-12-5-4-6-13(9-12)19-7-2-3-8-19/h2-11,17H,1H3,(H,20,21). The normalized spacial score (nSPS) is 11.4. The van der Waals surface area contributed by atoms with Gasteiger partial charge in [0.25, 0.3) is 10.0 Å². The largest absolute Gasteiger partial charge is 0.477 e. The maximum Gasteiger partial charge on any atom is 0.352 e. The van der Waals surface area contributed by atoms with Gasteiger partial charge < -0.3 is 14.2 Å². The van der Waals surface area contributed by atoms with Gasteiger partial charge in [-0.3, -0.25) is 4.72 Å². The Morgan fingerprint density at radius 1 is 1.12 bits per heavy atom. The second kappa shape index (κ2) is 5.89. The summed E-state index contributed by atoms with van der Waals surface area (Å²) < 4.78 is 30.5. The molecule has 0 spiro atoms. The van der Waals surface area contributed by atoms with Crippen molar-refractivity contribution in [2.45, 2.75) is 4.90 Å². The topological polar surface area (TPSA) is 93.3 Å². The molecule has 0 atom stereocenters. The molecule has 2 aromatic heterocycles. The Labute approximate surface area is 138 Å². The number of hydrogen-bond acceptors (Lipinski definition) is 3. The zero-order valence-electron chi connectivity index (χ0n) is 12.7. The van der Waals surface area contributed by atoms with E-state index in [2.05, 4.69) is 4.72 Å². The van der Waals surface area contributed by atoms with Gasteiger partial charge in [-0.2, -0.15) is 0 Å². The lowest BCUT2D eigenvalue weighted by molar-refractivity contribution is 0.0686. The van der Waals surface area contributed by atoms with E-state index in [1.165, 1.54) is 17.8 Å². The highest BCUT2D eigenvalue weighted by atomic mass is 32.2. The lowest BCUT2D eigenvalue weighted by Crippen LogP contribution is -2.12. The van der Waals surface area contributed by atoms with Crippen LogP contribution in [0.15, 0.2) is 66.0 Å². The van der Waals surface area contributed by atoms with Crippen molar-refractivity contribution in [3.63, 3.8) is 0 Å². The molecule has 0 saturated heterocycles. The molecule has 0 aliphatic rings. The molecule has 1 aromatic carbocycles. The third-order valence-electron chi connectivity index (χ3n) is 3.51. The Bertz CT molecular complexity index is 988. The number of carbonyl (C=O) groups is 1. The number of carboxylic acids is 1. The van der Waals surface area contributed by atoms with E-state index in [4.69, 9.17) is 5.11 Å². The lowest BCUT2D eigenvalue weighted by Gasteiger charge is -2.09. The van der Waals surface area contributed by atoms with Crippen molar-refractivity contribution in [3.8, 4) is 5.69 Å². The molecule has 0 unspecified atom stereocenters. The fraction of sp³-hybridized carbons (Fsp3) is 0.0625. The average Bonchev–Trinajstić information content (AvgIpc) is 3.16. The van der Waals surface area contributed by atoms with E-state index < -0.39 is 16.0 Å². The van der Waals surface area contributed by atoms with Gasteiger partial charge in [-0.1, -0.05) is 6.07 Å². The predicted octanol–water partition coefficient (Wildman–Crippen LogP) is 2.31. The molecule has 0 bridgehead atoms. The Morgan fingerprint density at radius 3 is 2.46 bits per heavy atom. The summed E-state index contributed by atoms with van der Waals surface area (Å²) in [5.74, 6) is -1.19. The summed E-state index contributed by atoms with van der Waals surface area (Å²) in [5.41, 5.74) is 1.10. The molecule has 0 saturated carbocycles. The van der Waals surface area contributed by atoms with Crippen molar-refractivity contribution in [2.75, 3.05) is 4.72 Å². The molecule has 3 rings (SSSR count). The fourth-order valence-electron chi connectivity index (χ4n) is 2.34. The Balaban J connectivity index is 1.91. The highest BCUT2D eigenvalue weighted by Gasteiger charge is 2.20. The minimum atomic E-state index is -3.88. The second-order valence-electron chi connectivity index (χ2n) is 5.22. The first-order chi connectivity index (χ1) is 11.4. The van der Waals surface area contributed by atoms with Crippen molar-refractivity contribution in [3.05, 3.63) is 66.7 Å². The van der Waals surface area contributed by atoms with Gasteiger partial charge in [0, 0.05) is 31.3 Å². The third-order valence-corrected chi connectivity index (χ3v) is 4.86. The summed E-state index contributed by atoms with van der Waals surface area (Å²) in [7, 11) is -2.40. The van der Waals surface area contributed by atoms with Gasteiger partial charge in [-0.25, -0.2) is 13.2 Å². The maximum atomic E-state index is 12.5. The number of carboxylic acid groups (broad SMARTS) is 1. The van der Waals surface area contributed by atoms with Crippen LogP contribution in [0.1, 0.15) is 10.5 Å². The minimum Gasteiger partial charge on any atom is -0.477 e. The first kappa shape index (κ1) is 15.9. The van der Waals surface area contributed by atoms with Gasteiger partial charge in [0.2, 0.25) is 0 Å². The smallest absolute Gasteiger partial charge is 0.352 e. The number of hydrogen-bond donors (Lipinski definition) is 2. The summed E-state index contributed by atoms with van der Waals surface area (Å²) >= 11 is 0. The van der Waals surface area contributed by atoms with Gasteiger partial charge in [-0.05, 0) is 36.4 Å². The molecule has 0 amide bonds. The third kappa shape index (κ3) is 3.04. The van der Waals surface area contributed by atoms with Crippen molar-refractivity contribution in [1.82, 2.24) is 9.13 Å².